The first-order chi connectivity index (χ1) is 8.59. The van der Waals surface area contributed by atoms with E-state index in [9.17, 15) is 13.0 Å². The van der Waals surface area contributed by atoms with Crippen LogP contribution in [0.15, 0.2) is 60.9 Å². The van der Waals surface area contributed by atoms with Crippen LogP contribution in [0.4, 0.5) is 8.78 Å². The second-order valence-electron chi connectivity index (χ2n) is 3.74. The van der Waals surface area contributed by atoms with Crippen molar-refractivity contribution in [3.63, 3.8) is 0 Å². The Bertz CT molecular complexity index is 734. The van der Waals surface area contributed by atoms with Gasteiger partial charge in [0.2, 0.25) is 0 Å². The smallest absolute Gasteiger partial charge is 0.124 e. The molecule has 2 aromatic carbocycles. The van der Waals surface area contributed by atoms with E-state index in [2.05, 4.69) is 3.77 Å². The Labute approximate surface area is 107 Å². The zero-order valence-corrected chi connectivity index (χ0v) is 10.6. The van der Waals surface area contributed by atoms with Gasteiger partial charge in [0.25, 0.3) is 0 Å². The SMILES string of the molecule is O=S1(c2ccc(F)cc2)=NSc2cc(F)ccc21. The Morgan fingerprint density at radius 2 is 1.67 bits per heavy atom. The predicted octanol–water partition coefficient (Wildman–Crippen LogP) is 3.87. The van der Waals surface area contributed by atoms with E-state index >= 15 is 0 Å². The molecule has 3 rings (SSSR count). The Morgan fingerprint density at radius 1 is 1.00 bits per heavy atom. The Hall–Kier alpha value is -1.40. The van der Waals surface area contributed by atoms with Gasteiger partial charge in [0.1, 0.15) is 21.4 Å². The number of halogens is 2. The van der Waals surface area contributed by atoms with Gasteiger partial charge in [0, 0.05) is 11.9 Å². The molecule has 2 nitrogen and oxygen atoms in total. The molecule has 6 heteroatoms. The van der Waals surface area contributed by atoms with E-state index in [1.807, 2.05) is 0 Å². The van der Waals surface area contributed by atoms with Crippen molar-refractivity contribution in [2.45, 2.75) is 14.7 Å². The number of nitrogens with zero attached hydrogens (tertiary/aromatic N) is 1. The Kier molecular flexibility index (Phi) is 2.64. The summed E-state index contributed by atoms with van der Waals surface area (Å²) >= 11 is 1.00. The third-order valence-electron chi connectivity index (χ3n) is 2.58. The van der Waals surface area contributed by atoms with Crippen molar-refractivity contribution in [1.29, 1.82) is 0 Å². The molecule has 0 saturated carbocycles. The summed E-state index contributed by atoms with van der Waals surface area (Å²) in [6.45, 7) is 0. The molecule has 0 N–H and O–H groups in total. The maximum Gasteiger partial charge on any atom is 0.124 e. The van der Waals surface area contributed by atoms with Crippen LogP contribution in [-0.2, 0) is 9.73 Å². The molecule has 0 radical (unpaired) electrons. The standard InChI is InChI=1S/C12H7F2NOS2/c13-8-1-4-10(5-2-8)18(16)12-6-3-9(14)7-11(12)17-15-18/h1-7H. The van der Waals surface area contributed by atoms with Crippen LogP contribution in [0.5, 0.6) is 0 Å². The fraction of sp³-hybridized carbons (Fsp3) is 0. The molecule has 1 aliphatic heterocycles. The lowest BCUT2D eigenvalue weighted by Crippen LogP contribution is -1.99. The lowest BCUT2D eigenvalue weighted by molar-refractivity contribution is 0.621. The average molecular weight is 283 g/mol. The number of hydrogen-bond acceptors (Lipinski definition) is 3. The van der Waals surface area contributed by atoms with Gasteiger partial charge < -0.3 is 0 Å². The maximum atomic E-state index is 13.1. The van der Waals surface area contributed by atoms with Gasteiger partial charge >= 0.3 is 0 Å². The minimum atomic E-state index is -2.77. The average Bonchev–Trinajstić information content (AvgIpc) is 2.68. The highest BCUT2D eigenvalue weighted by molar-refractivity contribution is 8.10. The van der Waals surface area contributed by atoms with Gasteiger partial charge in [-0.05, 0) is 42.5 Å². The normalized spacial score (nSPS) is 21.4. The first kappa shape index (κ1) is 11.7. The van der Waals surface area contributed by atoms with Crippen LogP contribution in [0, 0.1) is 11.6 Å². The summed E-state index contributed by atoms with van der Waals surface area (Å²) in [7, 11) is -2.77. The molecule has 0 fully saturated rings. The number of fused-ring (bicyclic) bond motifs is 1. The largest absolute Gasteiger partial charge is 0.239 e. The highest BCUT2D eigenvalue weighted by Gasteiger charge is 2.26. The summed E-state index contributed by atoms with van der Waals surface area (Å²) in [4.78, 5) is 1.46. The van der Waals surface area contributed by atoms with E-state index in [0.717, 1.165) is 11.9 Å². The molecule has 2 aromatic rings. The number of rotatable bonds is 1. The Morgan fingerprint density at radius 3 is 2.39 bits per heavy atom. The summed E-state index contributed by atoms with van der Waals surface area (Å²) < 4.78 is 42.8. The molecule has 92 valence electrons. The zero-order chi connectivity index (χ0) is 12.8. The van der Waals surface area contributed by atoms with E-state index in [0.29, 0.717) is 14.7 Å². The quantitative estimate of drug-likeness (QED) is 0.743. The van der Waals surface area contributed by atoms with Crippen LogP contribution >= 0.6 is 11.9 Å². The molecule has 0 saturated heterocycles. The van der Waals surface area contributed by atoms with Crippen LogP contribution < -0.4 is 0 Å². The van der Waals surface area contributed by atoms with Crippen LogP contribution in [0.2, 0.25) is 0 Å². The molecule has 1 unspecified atom stereocenters. The molecule has 18 heavy (non-hydrogen) atoms. The molecule has 0 spiro atoms. The lowest BCUT2D eigenvalue weighted by Gasteiger charge is -2.06. The third-order valence-corrected chi connectivity index (χ3v) is 6.24. The topological polar surface area (TPSA) is 29.4 Å². The van der Waals surface area contributed by atoms with Crippen molar-refractivity contribution in [3.05, 3.63) is 54.1 Å². The van der Waals surface area contributed by atoms with Crippen molar-refractivity contribution in [2.75, 3.05) is 0 Å². The van der Waals surface area contributed by atoms with Gasteiger partial charge in [-0.2, -0.15) is 3.77 Å². The first-order valence-electron chi connectivity index (χ1n) is 5.08. The van der Waals surface area contributed by atoms with E-state index in [1.165, 1.54) is 42.5 Å². The fourth-order valence-corrected chi connectivity index (χ4v) is 5.23. The minimum Gasteiger partial charge on any atom is -0.239 e. The molecule has 0 amide bonds. The second kappa shape index (κ2) is 4.07. The zero-order valence-electron chi connectivity index (χ0n) is 8.97. The summed E-state index contributed by atoms with van der Waals surface area (Å²) in [5.74, 6) is -0.786. The Balaban J connectivity index is 2.20. The van der Waals surface area contributed by atoms with Gasteiger partial charge in [-0.1, -0.05) is 0 Å². The summed E-state index contributed by atoms with van der Waals surface area (Å²) in [6.07, 6.45) is 0. The van der Waals surface area contributed by atoms with E-state index in [4.69, 9.17) is 0 Å². The monoisotopic (exact) mass is 283 g/mol. The van der Waals surface area contributed by atoms with Crippen molar-refractivity contribution in [3.8, 4) is 0 Å². The van der Waals surface area contributed by atoms with Gasteiger partial charge in [-0.25, -0.2) is 13.0 Å². The van der Waals surface area contributed by atoms with E-state index < -0.39 is 15.5 Å². The first-order valence-corrected chi connectivity index (χ1v) is 7.37. The molecule has 0 aromatic heterocycles. The van der Waals surface area contributed by atoms with Crippen molar-refractivity contribution >= 4 is 21.7 Å². The third kappa shape index (κ3) is 1.72. The number of benzene rings is 2. The van der Waals surface area contributed by atoms with E-state index in [1.54, 1.807) is 0 Å². The second-order valence-corrected chi connectivity index (χ2v) is 6.92. The molecule has 0 bridgehead atoms. The minimum absolute atomic E-state index is 0.390. The fourth-order valence-electron chi connectivity index (χ4n) is 1.70. The van der Waals surface area contributed by atoms with Crippen molar-refractivity contribution in [1.82, 2.24) is 0 Å². The van der Waals surface area contributed by atoms with Gasteiger partial charge in [0.15, 0.2) is 0 Å². The highest BCUT2D eigenvalue weighted by Crippen LogP contribution is 2.41. The van der Waals surface area contributed by atoms with Crippen molar-refractivity contribution < 1.29 is 13.0 Å². The predicted molar refractivity (Wildman–Crippen MR) is 65.8 cm³/mol. The molecule has 1 aliphatic rings. The van der Waals surface area contributed by atoms with Crippen LogP contribution in [0.3, 0.4) is 0 Å². The maximum absolute atomic E-state index is 13.1. The highest BCUT2D eigenvalue weighted by atomic mass is 32.2. The summed E-state index contributed by atoms with van der Waals surface area (Å²) in [6, 6.07) is 9.40. The van der Waals surface area contributed by atoms with Crippen LogP contribution in [0.1, 0.15) is 0 Å². The molecule has 1 atom stereocenters. The van der Waals surface area contributed by atoms with Gasteiger partial charge in [-0.3, -0.25) is 0 Å². The summed E-state index contributed by atoms with van der Waals surface area (Å²) in [5, 5.41) is 0. The molecular formula is C12H7F2NOS2. The molecule has 0 aliphatic carbocycles. The van der Waals surface area contributed by atoms with E-state index in [-0.39, 0.29) is 5.82 Å². The summed E-state index contributed by atoms with van der Waals surface area (Å²) in [5.41, 5.74) is 0. The van der Waals surface area contributed by atoms with Gasteiger partial charge in [0.05, 0.1) is 14.7 Å². The van der Waals surface area contributed by atoms with Crippen molar-refractivity contribution in [2.24, 2.45) is 3.77 Å². The molecule has 1 heterocycles. The molecular weight excluding hydrogens is 276 g/mol. The number of hydrogen-bond donors (Lipinski definition) is 0. The van der Waals surface area contributed by atoms with Crippen LogP contribution in [0.25, 0.3) is 0 Å². The van der Waals surface area contributed by atoms with Gasteiger partial charge in [-0.15, -0.1) is 0 Å². The lowest BCUT2D eigenvalue weighted by atomic mass is 10.3. The van der Waals surface area contributed by atoms with Crippen LogP contribution in [-0.4, -0.2) is 4.21 Å².